The van der Waals surface area contributed by atoms with Gasteiger partial charge in [-0.1, -0.05) is 19.3 Å². The fraction of sp³-hybridized carbons (Fsp3) is 0.607. The topological polar surface area (TPSA) is 83.5 Å². The lowest BCUT2D eigenvalue weighted by molar-refractivity contribution is 0.0293. The summed E-state index contributed by atoms with van der Waals surface area (Å²) in [6.45, 7) is 8.08. The molecule has 1 N–H and O–H groups in total. The number of amides is 1. The number of aromatic amines is 1. The lowest BCUT2D eigenvalue weighted by atomic mass is 9.92. The smallest absolute Gasteiger partial charge is 0.259 e. The molecule has 8 nitrogen and oxygen atoms in total. The van der Waals surface area contributed by atoms with Crippen molar-refractivity contribution in [3.63, 3.8) is 0 Å². The molecule has 0 radical (unpaired) electrons. The average Bonchev–Trinajstić information content (AvgIpc) is 3.35. The average molecular weight is 492 g/mol. The first-order valence-corrected chi connectivity index (χ1v) is 13.7. The molecule has 3 fully saturated rings. The lowest BCUT2D eigenvalue weighted by Crippen LogP contribution is -2.57. The SMILES string of the molecule is Cc1cc2[nH]c(=O)c3cnn(C4CCOCC4)c3c2cc1C(=O)N1CCN(C2CCCCC2)[C@H](C)C1. The van der Waals surface area contributed by atoms with E-state index in [1.807, 2.05) is 28.6 Å². The minimum Gasteiger partial charge on any atom is -0.381 e. The molecule has 2 aliphatic heterocycles. The summed E-state index contributed by atoms with van der Waals surface area (Å²) in [6, 6.07) is 5.16. The van der Waals surface area contributed by atoms with E-state index in [4.69, 9.17) is 4.74 Å². The van der Waals surface area contributed by atoms with Crippen LogP contribution in [-0.4, -0.2) is 75.4 Å². The maximum absolute atomic E-state index is 13.8. The molecule has 192 valence electrons. The Morgan fingerprint density at radius 3 is 2.56 bits per heavy atom. The maximum atomic E-state index is 13.8. The van der Waals surface area contributed by atoms with E-state index in [-0.39, 0.29) is 17.5 Å². The van der Waals surface area contributed by atoms with Crippen molar-refractivity contribution in [1.82, 2.24) is 24.6 Å². The summed E-state index contributed by atoms with van der Waals surface area (Å²) >= 11 is 0. The van der Waals surface area contributed by atoms with Crippen LogP contribution in [-0.2, 0) is 4.74 Å². The molecule has 0 bridgehead atoms. The van der Waals surface area contributed by atoms with E-state index in [2.05, 4.69) is 21.9 Å². The Morgan fingerprint density at radius 1 is 1.03 bits per heavy atom. The fourth-order valence-corrected chi connectivity index (χ4v) is 6.71. The van der Waals surface area contributed by atoms with Gasteiger partial charge in [-0.25, -0.2) is 0 Å². The van der Waals surface area contributed by atoms with Crippen molar-refractivity contribution in [2.24, 2.45) is 0 Å². The van der Waals surface area contributed by atoms with Gasteiger partial charge in [-0.2, -0.15) is 5.10 Å². The van der Waals surface area contributed by atoms with Gasteiger partial charge in [0.2, 0.25) is 0 Å². The minimum atomic E-state index is -0.137. The molecule has 2 saturated heterocycles. The molecule has 1 aliphatic carbocycles. The van der Waals surface area contributed by atoms with Gasteiger partial charge in [0.15, 0.2) is 0 Å². The van der Waals surface area contributed by atoms with Gasteiger partial charge in [-0.05, 0) is 57.2 Å². The van der Waals surface area contributed by atoms with E-state index in [0.29, 0.717) is 36.2 Å². The van der Waals surface area contributed by atoms with Crippen LogP contribution in [0.3, 0.4) is 0 Å². The predicted molar refractivity (Wildman–Crippen MR) is 141 cm³/mol. The van der Waals surface area contributed by atoms with Crippen LogP contribution < -0.4 is 5.56 Å². The summed E-state index contributed by atoms with van der Waals surface area (Å²) in [5, 5.41) is 6.08. The quantitative estimate of drug-likeness (QED) is 0.598. The van der Waals surface area contributed by atoms with E-state index in [1.165, 1.54) is 32.1 Å². The highest BCUT2D eigenvalue weighted by Crippen LogP contribution is 2.31. The minimum absolute atomic E-state index is 0.0843. The first-order valence-electron chi connectivity index (χ1n) is 13.7. The first kappa shape index (κ1) is 23.7. The van der Waals surface area contributed by atoms with Crippen molar-refractivity contribution < 1.29 is 9.53 Å². The number of piperazine rings is 1. The third kappa shape index (κ3) is 4.14. The second kappa shape index (κ2) is 9.63. The summed E-state index contributed by atoms with van der Waals surface area (Å²) in [5.74, 6) is 0.0843. The molecule has 2 aromatic heterocycles. The Kier molecular flexibility index (Phi) is 6.33. The van der Waals surface area contributed by atoms with Gasteiger partial charge in [0.25, 0.3) is 11.5 Å². The second-order valence-corrected chi connectivity index (χ2v) is 11.0. The van der Waals surface area contributed by atoms with Gasteiger partial charge in [-0.3, -0.25) is 19.2 Å². The monoisotopic (exact) mass is 491 g/mol. The van der Waals surface area contributed by atoms with Gasteiger partial charge in [0.1, 0.15) is 0 Å². The number of fused-ring (bicyclic) bond motifs is 3. The zero-order valence-electron chi connectivity index (χ0n) is 21.5. The number of rotatable bonds is 3. The van der Waals surface area contributed by atoms with Crippen molar-refractivity contribution in [3.05, 3.63) is 39.8 Å². The number of hydrogen-bond acceptors (Lipinski definition) is 5. The molecule has 1 saturated carbocycles. The van der Waals surface area contributed by atoms with Crippen molar-refractivity contribution in [2.45, 2.75) is 76.9 Å². The summed E-state index contributed by atoms with van der Waals surface area (Å²) in [6.07, 6.45) is 9.99. The molecule has 4 heterocycles. The standard InChI is InChI=1S/C28H37N5O3/c1-18-14-25-23(26-24(27(34)30-25)16-29-33(26)21-8-12-36-13-9-21)15-22(18)28(35)31-10-11-32(19(2)17-31)20-6-4-3-5-7-20/h14-16,19-21H,3-13,17H2,1-2H3,(H,30,34)/t19-/m1/s1. The predicted octanol–water partition coefficient (Wildman–Crippen LogP) is 4.02. The van der Waals surface area contributed by atoms with Crippen LogP contribution in [0.1, 0.15) is 73.8 Å². The number of aryl methyl sites for hydroxylation is 1. The molecule has 1 aromatic carbocycles. The number of carbonyl (C=O) groups excluding carboxylic acids is 1. The summed E-state index contributed by atoms with van der Waals surface area (Å²) < 4.78 is 7.54. The Labute approximate surface area is 211 Å². The van der Waals surface area contributed by atoms with E-state index >= 15 is 0 Å². The Bertz CT molecular complexity index is 1330. The van der Waals surface area contributed by atoms with E-state index < -0.39 is 0 Å². The number of nitrogens with one attached hydrogen (secondary N) is 1. The van der Waals surface area contributed by atoms with E-state index in [1.54, 1.807) is 6.20 Å². The Morgan fingerprint density at radius 2 is 1.81 bits per heavy atom. The van der Waals surface area contributed by atoms with Crippen LogP contribution in [0.15, 0.2) is 23.1 Å². The highest BCUT2D eigenvalue weighted by molar-refractivity contribution is 6.07. The molecule has 36 heavy (non-hydrogen) atoms. The van der Waals surface area contributed by atoms with Crippen molar-refractivity contribution >= 4 is 27.7 Å². The normalized spacial score (nSPS) is 23.1. The molecule has 6 rings (SSSR count). The van der Waals surface area contributed by atoms with Crippen LogP contribution in [0.2, 0.25) is 0 Å². The highest BCUT2D eigenvalue weighted by atomic mass is 16.5. The fourth-order valence-electron chi connectivity index (χ4n) is 6.71. The third-order valence-electron chi connectivity index (χ3n) is 8.68. The van der Waals surface area contributed by atoms with Crippen molar-refractivity contribution in [3.8, 4) is 0 Å². The Hall–Kier alpha value is -2.71. The number of ether oxygens (including phenoxy) is 1. The van der Waals surface area contributed by atoms with Gasteiger partial charge in [-0.15, -0.1) is 0 Å². The van der Waals surface area contributed by atoms with Crippen molar-refractivity contribution in [2.75, 3.05) is 32.8 Å². The number of benzene rings is 1. The molecular formula is C28H37N5O3. The molecule has 3 aliphatic rings. The second-order valence-electron chi connectivity index (χ2n) is 11.0. The zero-order valence-corrected chi connectivity index (χ0v) is 21.5. The largest absolute Gasteiger partial charge is 0.381 e. The molecule has 0 unspecified atom stereocenters. The number of pyridine rings is 1. The number of hydrogen-bond donors (Lipinski definition) is 1. The summed E-state index contributed by atoms with van der Waals surface area (Å²) in [5.41, 5.74) is 3.05. The van der Waals surface area contributed by atoms with Crippen LogP contribution in [0, 0.1) is 6.92 Å². The third-order valence-corrected chi connectivity index (χ3v) is 8.68. The van der Waals surface area contributed by atoms with Gasteiger partial charge in [0.05, 0.1) is 28.7 Å². The van der Waals surface area contributed by atoms with Crippen LogP contribution >= 0.6 is 0 Å². The maximum Gasteiger partial charge on any atom is 0.259 e. The van der Waals surface area contributed by atoms with E-state index in [0.717, 1.165) is 54.5 Å². The molecule has 8 heteroatoms. The molecule has 1 atom stereocenters. The number of aromatic nitrogens is 3. The lowest BCUT2D eigenvalue weighted by Gasteiger charge is -2.45. The summed E-state index contributed by atoms with van der Waals surface area (Å²) in [7, 11) is 0. The van der Waals surface area contributed by atoms with Gasteiger partial charge >= 0.3 is 0 Å². The molecule has 1 amide bonds. The molecule has 3 aromatic rings. The number of carbonyl (C=O) groups is 1. The van der Waals surface area contributed by atoms with Gasteiger partial charge in [0, 0.05) is 55.9 Å². The summed E-state index contributed by atoms with van der Waals surface area (Å²) in [4.78, 5) is 34.3. The molecular weight excluding hydrogens is 454 g/mol. The van der Waals surface area contributed by atoms with Gasteiger partial charge < -0.3 is 14.6 Å². The highest BCUT2D eigenvalue weighted by Gasteiger charge is 2.33. The number of H-pyrrole nitrogens is 1. The Balaban J connectivity index is 1.34. The van der Waals surface area contributed by atoms with Crippen LogP contribution in [0.5, 0.6) is 0 Å². The van der Waals surface area contributed by atoms with Crippen LogP contribution in [0.25, 0.3) is 21.8 Å². The first-order chi connectivity index (χ1) is 17.5. The van der Waals surface area contributed by atoms with E-state index in [9.17, 15) is 9.59 Å². The zero-order chi connectivity index (χ0) is 24.8. The van der Waals surface area contributed by atoms with Crippen molar-refractivity contribution in [1.29, 1.82) is 0 Å². The van der Waals surface area contributed by atoms with Crippen LogP contribution in [0.4, 0.5) is 0 Å². The molecule has 0 spiro atoms. The number of nitrogens with zero attached hydrogens (tertiary/aromatic N) is 4.